The summed E-state index contributed by atoms with van der Waals surface area (Å²) in [6.07, 6.45) is 2.07. The maximum Gasteiger partial charge on any atom is 0.191 e. The van der Waals surface area contributed by atoms with E-state index in [1.165, 1.54) is 11.3 Å². The fourth-order valence-corrected chi connectivity index (χ4v) is 3.18. The summed E-state index contributed by atoms with van der Waals surface area (Å²) >= 11 is 0. The molecular weight excluding hydrogens is 475 g/mol. The molecule has 0 aliphatic carbocycles. The first-order valence-corrected chi connectivity index (χ1v) is 10.3. The Balaban J connectivity index is 0.00000420. The third-order valence-electron chi connectivity index (χ3n) is 4.55. The minimum Gasteiger partial charge on any atom is -0.357 e. The number of benzene rings is 1. The van der Waals surface area contributed by atoms with Gasteiger partial charge in [0.2, 0.25) is 0 Å². The molecule has 1 aromatic heterocycles. The van der Waals surface area contributed by atoms with Crippen molar-refractivity contribution < 1.29 is 0 Å². The molecule has 0 fully saturated rings. The molecule has 162 valence electrons. The molecule has 0 atom stereocenters. The Hall–Kier alpha value is -1.61. The molecule has 2 N–H and O–H groups in total. The highest BCUT2D eigenvalue weighted by molar-refractivity contribution is 14.0. The molecule has 0 saturated carbocycles. The Morgan fingerprint density at radius 2 is 1.90 bits per heavy atom. The van der Waals surface area contributed by atoms with Crippen LogP contribution in [0.1, 0.15) is 36.7 Å². The Morgan fingerprint density at radius 1 is 1.14 bits per heavy atom. The van der Waals surface area contributed by atoms with E-state index < -0.39 is 0 Å². The molecule has 6 nitrogen and oxygen atoms in total. The highest BCUT2D eigenvalue weighted by Crippen LogP contribution is 2.03. The Kier molecular flexibility index (Phi) is 12.6. The number of halogens is 1. The first-order valence-electron chi connectivity index (χ1n) is 10.3. The van der Waals surface area contributed by atoms with Crippen molar-refractivity contribution in [3.05, 3.63) is 53.3 Å². The van der Waals surface area contributed by atoms with Crippen molar-refractivity contribution in [2.45, 2.75) is 46.7 Å². The SMILES string of the molecule is CCNC(=NCCCn1nc(C)cc1C)NCCCN(C)Cc1ccccc1.I. The van der Waals surface area contributed by atoms with Crippen LogP contribution >= 0.6 is 24.0 Å². The molecular formula is C22H37IN6. The molecule has 0 unspecified atom stereocenters. The summed E-state index contributed by atoms with van der Waals surface area (Å²) in [6, 6.07) is 12.7. The molecule has 0 spiro atoms. The lowest BCUT2D eigenvalue weighted by Crippen LogP contribution is -2.38. The predicted molar refractivity (Wildman–Crippen MR) is 133 cm³/mol. The van der Waals surface area contributed by atoms with Crippen LogP contribution < -0.4 is 10.6 Å². The van der Waals surface area contributed by atoms with Gasteiger partial charge in [-0.2, -0.15) is 5.10 Å². The second-order valence-corrected chi connectivity index (χ2v) is 7.27. The summed E-state index contributed by atoms with van der Waals surface area (Å²) in [6.45, 7) is 11.8. The van der Waals surface area contributed by atoms with Crippen molar-refractivity contribution >= 4 is 29.9 Å². The van der Waals surface area contributed by atoms with Crippen LogP contribution in [-0.4, -0.2) is 53.9 Å². The molecule has 0 saturated heterocycles. The van der Waals surface area contributed by atoms with Crippen LogP contribution in [0.25, 0.3) is 0 Å². The van der Waals surface area contributed by atoms with Gasteiger partial charge in [0, 0.05) is 38.4 Å². The topological polar surface area (TPSA) is 57.5 Å². The molecule has 0 bridgehead atoms. The average Bonchev–Trinajstić information content (AvgIpc) is 3.00. The Bertz CT molecular complexity index is 713. The zero-order valence-corrected chi connectivity index (χ0v) is 20.6. The molecule has 0 radical (unpaired) electrons. The molecule has 1 heterocycles. The normalized spacial score (nSPS) is 11.4. The lowest BCUT2D eigenvalue weighted by atomic mass is 10.2. The van der Waals surface area contributed by atoms with Crippen molar-refractivity contribution in [2.24, 2.45) is 4.99 Å². The number of nitrogens with one attached hydrogen (secondary N) is 2. The number of aryl methyl sites for hydroxylation is 3. The van der Waals surface area contributed by atoms with Gasteiger partial charge in [0.15, 0.2) is 5.96 Å². The maximum absolute atomic E-state index is 4.69. The van der Waals surface area contributed by atoms with E-state index in [1.807, 2.05) is 6.92 Å². The zero-order valence-electron chi connectivity index (χ0n) is 18.3. The van der Waals surface area contributed by atoms with Crippen LogP contribution in [0.2, 0.25) is 0 Å². The van der Waals surface area contributed by atoms with Crippen molar-refractivity contribution in [3.63, 3.8) is 0 Å². The van der Waals surface area contributed by atoms with Crippen molar-refractivity contribution in [1.82, 2.24) is 25.3 Å². The third-order valence-corrected chi connectivity index (χ3v) is 4.55. The smallest absolute Gasteiger partial charge is 0.191 e. The van der Waals surface area contributed by atoms with Crippen molar-refractivity contribution in [1.29, 1.82) is 0 Å². The lowest BCUT2D eigenvalue weighted by molar-refractivity contribution is 0.322. The average molecular weight is 512 g/mol. The van der Waals surface area contributed by atoms with Gasteiger partial charge in [-0.3, -0.25) is 9.67 Å². The molecule has 2 rings (SSSR count). The van der Waals surface area contributed by atoms with Gasteiger partial charge in [-0.1, -0.05) is 30.3 Å². The van der Waals surface area contributed by atoms with E-state index in [4.69, 9.17) is 0 Å². The zero-order chi connectivity index (χ0) is 20.2. The summed E-state index contributed by atoms with van der Waals surface area (Å²) in [5, 5.41) is 11.3. The van der Waals surface area contributed by atoms with Crippen molar-refractivity contribution in [2.75, 3.05) is 33.2 Å². The largest absolute Gasteiger partial charge is 0.357 e. The monoisotopic (exact) mass is 512 g/mol. The van der Waals surface area contributed by atoms with Gasteiger partial charge in [0.05, 0.1) is 5.69 Å². The Labute approximate surface area is 193 Å². The number of hydrogen-bond acceptors (Lipinski definition) is 3. The van der Waals surface area contributed by atoms with E-state index in [0.717, 1.165) is 63.8 Å². The maximum atomic E-state index is 4.69. The standard InChI is InChI=1S/C22H36N6.HI/c1-5-23-22(25-14-10-16-28-20(3)17-19(2)26-28)24-13-9-15-27(4)18-21-11-7-6-8-12-21;/h6-8,11-12,17H,5,9-10,13-16,18H2,1-4H3,(H2,23,24,25);1H. The van der Waals surface area contributed by atoms with Crippen LogP contribution in [0, 0.1) is 13.8 Å². The molecule has 29 heavy (non-hydrogen) atoms. The summed E-state index contributed by atoms with van der Waals surface area (Å²) in [5.41, 5.74) is 3.65. The quantitative estimate of drug-likeness (QED) is 0.209. The molecule has 0 aliphatic rings. The van der Waals surface area contributed by atoms with Gasteiger partial charge in [-0.25, -0.2) is 0 Å². The van der Waals surface area contributed by atoms with E-state index >= 15 is 0 Å². The second kappa shape index (κ2) is 14.4. The van der Waals surface area contributed by atoms with Crippen molar-refractivity contribution in [3.8, 4) is 0 Å². The lowest BCUT2D eigenvalue weighted by Gasteiger charge is -2.17. The first kappa shape index (κ1) is 25.4. The number of aliphatic imine (C=N–C) groups is 1. The minimum absolute atomic E-state index is 0. The molecule has 0 aliphatic heterocycles. The van der Waals surface area contributed by atoms with Gasteiger partial charge < -0.3 is 15.5 Å². The summed E-state index contributed by atoms with van der Waals surface area (Å²) in [7, 11) is 2.17. The third kappa shape index (κ3) is 10.1. The first-order chi connectivity index (χ1) is 13.6. The molecule has 0 amide bonds. The fourth-order valence-electron chi connectivity index (χ4n) is 3.18. The van der Waals surface area contributed by atoms with Crippen LogP contribution in [-0.2, 0) is 13.1 Å². The number of aromatic nitrogens is 2. The second-order valence-electron chi connectivity index (χ2n) is 7.27. The number of guanidine groups is 1. The van der Waals surface area contributed by atoms with Gasteiger partial charge >= 0.3 is 0 Å². The van der Waals surface area contributed by atoms with E-state index in [9.17, 15) is 0 Å². The fraction of sp³-hybridized carbons (Fsp3) is 0.545. The van der Waals surface area contributed by atoms with E-state index in [-0.39, 0.29) is 24.0 Å². The highest BCUT2D eigenvalue weighted by Gasteiger charge is 2.02. The van der Waals surface area contributed by atoms with Crippen LogP contribution in [0.3, 0.4) is 0 Å². The number of rotatable bonds is 11. The van der Waals surface area contributed by atoms with E-state index in [0.29, 0.717) is 0 Å². The molecule has 2 aromatic rings. The van der Waals surface area contributed by atoms with Gasteiger partial charge in [0.25, 0.3) is 0 Å². The Morgan fingerprint density at radius 3 is 2.55 bits per heavy atom. The number of nitrogens with zero attached hydrogens (tertiary/aromatic N) is 4. The van der Waals surface area contributed by atoms with Gasteiger partial charge in [0.1, 0.15) is 0 Å². The highest BCUT2D eigenvalue weighted by atomic mass is 127. The minimum atomic E-state index is 0. The number of hydrogen-bond donors (Lipinski definition) is 2. The molecule has 1 aromatic carbocycles. The van der Waals surface area contributed by atoms with Crippen LogP contribution in [0.4, 0.5) is 0 Å². The summed E-state index contributed by atoms with van der Waals surface area (Å²) in [4.78, 5) is 7.05. The molecule has 7 heteroatoms. The van der Waals surface area contributed by atoms with Crippen LogP contribution in [0.15, 0.2) is 41.4 Å². The van der Waals surface area contributed by atoms with Gasteiger partial charge in [-0.15, -0.1) is 24.0 Å². The predicted octanol–water partition coefficient (Wildman–Crippen LogP) is 3.59. The summed E-state index contributed by atoms with van der Waals surface area (Å²) in [5.74, 6) is 0.904. The van der Waals surface area contributed by atoms with E-state index in [2.05, 4.69) is 87.6 Å². The van der Waals surface area contributed by atoms with Crippen LogP contribution in [0.5, 0.6) is 0 Å². The van der Waals surface area contributed by atoms with Gasteiger partial charge in [-0.05, 0) is 58.8 Å². The summed E-state index contributed by atoms with van der Waals surface area (Å²) < 4.78 is 2.06. The van der Waals surface area contributed by atoms with E-state index in [1.54, 1.807) is 0 Å².